The van der Waals surface area contributed by atoms with E-state index in [0.717, 1.165) is 24.4 Å². The van der Waals surface area contributed by atoms with Gasteiger partial charge < -0.3 is 5.11 Å². The second kappa shape index (κ2) is 4.60. The summed E-state index contributed by atoms with van der Waals surface area (Å²) in [7, 11) is 0. The number of nitrogens with zero attached hydrogens (tertiary/aromatic N) is 1. The highest BCUT2D eigenvalue weighted by Crippen LogP contribution is 2.52. The standard InChI is InChI=1S/C17H23NO/c19-11-16-14-6-13-7-15(9-14)18(17(16)8-13)10-12-4-2-1-3-5-12/h1-5,13-17,19H,6-11H2. The summed E-state index contributed by atoms with van der Waals surface area (Å²) in [5, 5.41) is 9.76. The Morgan fingerprint density at radius 3 is 2.68 bits per heavy atom. The molecule has 19 heavy (non-hydrogen) atoms. The van der Waals surface area contributed by atoms with Crippen molar-refractivity contribution in [3.05, 3.63) is 35.9 Å². The Labute approximate surface area is 115 Å². The van der Waals surface area contributed by atoms with Crippen molar-refractivity contribution in [2.45, 2.75) is 44.3 Å². The first-order valence-electron chi connectivity index (χ1n) is 7.75. The Hall–Kier alpha value is -0.860. The van der Waals surface area contributed by atoms with Gasteiger partial charge in [0.1, 0.15) is 0 Å². The van der Waals surface area contributed by atoms with Crippen molar-refractivity contribution >= 4 is 0 Å². The molecule has 2 aliphatic heterocycles. The van der Waals surface area contributed by atoms with E-state index in [-0.39, 0.29) is 0 Å². The van der Waals surface area contributed by atoms with Crippen LogP contribution in [0.25, 0.3) is 0 Å². The van der Waals surface area contributed by atoms with E-state index in [1.165, 1.54) is 31.2 Å². The fourth-order valence-corrected chi connectivity index (χ4v) is 5.06. The highest BCUT2D eigenvalue weighted by molar-refractivity contribution is 5.16. The van der Waals surface area contributed by atoms with Crippen LogP contribution in [-0.4, -0.2) is 28.7 Å². The highest BCUT2D eigenvalue weighted by Gasteiger charge is 2.51. The molecular formula is C17H23NO. The minimum atomic E-state index is 0.389. The van der Waals surface area contributed by atoms with E-state index < -0.39 is 0 Å². The summed E-state index contributed by atoms with van der Waals surface area (Å²) in [6.07, 6.45) is 5.44. The van der Waals surface area contributed by atoms with Crippen LogP contribution < -0.4 is 0 Å². The van der Waals surface area contributed by atoms with Gasteiger partial charge in [-0.3, -0.25) is 4.90 Å². The van der Waals surface area contributed by atoms with Crippen molar-refractivity contribution in [2.75, 3.05) is 6.61 Å². The van der Waals surface area contributed by atoms with E-state index in [0.29, 0.717) is 18.6 Å². The van der Waals surface area contributed by atoms with Gasteiger partial charge in [-0.15, -0.1) is 0 Å². The molecule has 0 amide bonds. The zero-order valence-electron chi connectivity index (χ0n) is 11.4. The van der Waals surface area contributed by atoms with E-state index in [2.05, 4.69) is 35.2 Å². The summed E-state index contributed by atoms with van der Waals surface area (Å²) in [5.41, 5.74) is 1.42. The molecule has 0 aromatic heterocycles. The SMILES string of the molecule is OCC1C2CC3CC(C2)N(Cc2ccccc2)C1C3. The lowest BCUT2D eigenvalue weighted by atomic mass is 9.59. The fourth-order valence-electron chi connectivity index (χ4n) is 5.06. The van der Waals surface area contributed by atoms with Crippen molar-refractivity contribution in [1.29, 1.82) is 0 Å². The number of hydrogen-bond donors (Lipinski definition) is 1. The number of hydrogen-bond acceptors (Lipinski definition) is 2. The molecule has 2 aliphatic carbocycles. The van der Waals surface area contributed by atoms with Crippen LogP contribution >= 0.6 is 0 Å². The van der Waals surface area contributed by atoms with Gasteiger partial charge in [0, 0.05) is 31.2 Å². The third-order valence-electron chi connectivity index (χ3n) is 5.80. The van der Waals surface area contributed by atoms with E-state index in [4.69, 9.17) is 0 Å². The molecule has 5 unspecified atom stereocenters. The van der Waals surface area contributed by atoms with Gasteiger partial charge in [-0.05, 0) is 43.1 Å². The second-order valence-corrected chi connectivity index (χ2v) is 6.79. The summed E-state index contributed by atoms with van der Waals surface area (Å²) in [4.78, 5) is 2.71. The Balaban J connectivity index is 1.58. The lowest BCUT2D eigenvalue weighted by Crippen LogP contribution is -2.62. The van der Waals surface area contributed by atoms with Gasteiger partial charge in [0.05, 0.1) is 0 Å². The van der Waals surface area contributed by atoms with Crippen molar-refractivity contribution in [3.63, 3.8) is 0 Å². The van der Waals surface area contributed by atoms with Gasteiger partial charge in [0.25, 0.3) is 0 Å². The number of piperidine rings is 2. The van der Waals surface area contributed by atoms with Crippen LogP contribution in [0.1, 0.15) is 31.2 Å². The molecule has 1 N–H and O–H groups in total. The molecule has 2 heterocycles. The summed E-state index contributed by atoms with van der Waals surface area (Å²) in [5.74, 6) is 2.29. The topological polar surface area (TPSA) is 23.5 Å². The van der Waals surface area contributed by atoms with Crippen molar-refractivity contribution in [2.24, 2.45) is 17.8 Å². The maximum absolute atomic E-state index is 9.76. The molecule has 4 fully saturated rings. The lowest BCUT2D eigenvalue weighted by molar-refractivity contribution is -0.117. The van der Waals surface area contributed by atoms with Crippen LogP contribution in [0, 0.1) is 17.8 Å². The molecule has 2 heteroatoms. The van der Waals surface area contributed by atoms with E-state index in [9.17, 15) is 5.11 Å². The first kappa shape index (κ1) is 11.9. The number of aliphatic hydroxyl groups excluding tert-OH is 1. The summed E-state index contributed by atoms with van der Waals surface area (Å²) in [6, 6.07) is 12.3. The molecule has 1 aromatic rings. The second-order valence-electron chi connectivity index (χ2n) is 6.79. The number of aliphatic hydroxyl groups is 1. The average molecular weight is 257 g/mol. The molecule has 0 radical (unpaired) electrons. The Morgan fingerprint density at radius 2 is 1.89 bits per heavy atom. The number of benzene rings is 1. The van der Waals surface area contributed by atoms with Gasteiger partial charge in [-0.2, -0.15) is 0 Å². The quantitative estimate of drug-likeness (QED) is 0.900. The predicted molar refractivity (Wildman–Crippen MR) is 75.6 cm³/mol. The molecule has 0 spiro atoms. The van der Waals surface area contributed by atoms with E-state index in [1.807, 2.05) is 0 Å². The molecule has 102 valence electrons. The molecule has 4 bridgehead atoms. The molecule has 2 saturated heterocycles. The Kier molecular flexibility index (Phi) is 2.89. The monoisotopic (exact) mass is 257 g/mol. The van der Waals surface area contributed by atoms with Gasteiger partial charge in [0.15, 0.2) is 0 Å². The van der Waals surface area contributed by atoms with Crippen LogP contribution in [0.4, 0.5) is 0 Å². The zero-order chi connectivity index (χ0) is 12.8. The van der Waals surface area contributed by atoms with E-state index >= 15 is 0 Å². The van der Waals surface area contributed by atoms with Crippen molar-refractivity contribution < 1.29 is 5.11 Å². The molecule has 2 nitrogen and oxygen atoms in total. The molecular weight excluding hydrogens is 234 g/mol. The van der Waals surface area contributed by atoms with Gasteiger partial charge in [0.2, 0.25) is 0 Å². The van der Waals surface area contributed by atoms with Crippen LogP contribution in [0.5, 0.6) is 0 Å². The maximum Gasteiger partial charge on any atom is 0.0476 e. The smallest absolute Gasteiger partial charge is 0.0476 e. The Bertz CT molecular complexity index is 446. The maximum atomic E-state index is 9.76. The Morgan fingerprint density at radius 1 is 1.05 bits per heavy atom. The molecule has 5 rings (SSSR count). The normalized spacial score (nSPS) is 40.8. The summed E-state index contributed by atoms with van der Waals surface area (Å²) in [6.45, 7) is 1.46. The molecule has 1 aromatic carbocycles. The molecule has 4 aliphatic rings. The van der Waals surface area contributed by atoms with Gasteiger partial charge >= 0.3 is 0 Å². The van der Waals surface area contributed by atoms with Crippen LogP contribution in [0.3, 0.4) is 0 Å². The van der Waals surface area contributed by atoms with Crippen LogP contribution in [-0.2, 0) is 6.54 Å². The average Bonchev–Trinajstić information content (AvgIpc) is 2.44. The van der Waals surface area contributed by atoms with Crippen molar-refractivity contribution in [1.82, 2.24) is 4.90 Å². The first-order chi connectivity index (χ1) is 9.35. The highest BCUT2D eigenvalue weighted by atomic mass is 16.3. The van der Waals surface area contributed by atoms with Gasteiger partial charge in [-0.1, -0.05) is 30.3 Å². The first-order valence-corrected chi connectivity index (χ1v) is 7.75. The summed E-state index contributed by atoms with van der Waals surface area (Å²) >= 11 is 0. The van der Waals surface area contributed by atoms with Crippen LogP contribution in [0.15, 0.2) is 30.3 Å². The van der Waals surface area contributed by atoms with E-state index in [1.54, 1.807) is 0 Å². The largest absolute Gasteiger partial charge is 0.396 e. The predicted octanol–water partition coefficient (Wildman–Crippen LogP) is 2.67. The minimum Gasteiger partial charge on any atom is -0.396 e. The third kappa shape index (κ3) is 1.93. The van der Waals surface area contributed by atoms with Crippen LogP contribution in [0.2, 0.25) is 0 Å². The molecule has 5 atom stereocenters. The fraction of sp³-hybridized carbons (Fsp3) is 0.647. The third-order valence-corrected chi connectivity index (χ3v) is 5.80. The van der Waals surface area contributed by atoms with Gasteiger partial charge in [-0.25, -0.2) is 0 Å². The number of rotatable bonds is 3. The summed E-state index contributed by atoms with van der Waals surface area (Å²) < 4.78 is 0. The lowest BCUT2D eigenvalue weighted by Gasteiger charge is -2.60. The molecule has 2 saturated carbocycles. The zero-order valence-corrected chi connectivity index (χ0v) is 11.4. The minimum absolute atomic E-state index is 0.389. The van der Waals surface area contributed by atoms with Crippen molar-refractivity contribution in [3.8, 4) is 0 Å².